The van der Waals surface area contributed by atoms with Crippen molar-refractivity contribution in [3.05, 3.63) is 101 Å². The molecule has 3 aromatic rings. The van der Waals surface area contributed by atoms with Crippen molar-refractivity contribution in [2.45, 2.75) is 30.7 Å². The summed E-state index contributed by atoms with van der Waals surface area (Å²) in [6.07, 6.45) is 2.02. The number of carbonyl (C=O) groups is 2. The number of hydrogen-bond donors (Lipinski definition) is 1. The molecule has 0 bridgehead atoms. The van der Waals surface area contributed by atoms with E-state index in [0.717, 1.165) is 17.5 Å². The van der Waals surface area contributed by atoms with Gasteiger partial charge >= 0.3 is 0 Å². The molecule has 1 unspecified atom stereocenters. The van der Waals surface area contributed by atoms with Crippen molar-refractivity contribution in [2.24, 2.45) is 0 Å². The molecule has 3 aromatic carbocycles. The van der Waals surface area contributed by atoms with E-state index in [-0.39, 0.29) is 30.2 Å². The Morgan fingerprint density at radius 3 is 2.38 bits per heavy atom. The van der Waals surface area contributed by atoms with E-state index in [4.69, 9.17) is 4.74 Å². The number of rotatable bonds is 5. The number of likely N-dealkylation sites (tertiary alicyclic amines) is 1. The molecule has 6 heteroatoms. The quantitative estimate of drug-likeness (QED) is 0.618. The molecule has 1 N–H and O–H groups in total. The van der Waals surface area contributed by atoms with Crippen molar-refractivity contribution in [2.75, 3.05) is 19.7 Å². The number of benzene rings is 3. The molecule has 2 amide bonds. The number of nitrogens with one attached hydrogen (secondary N) is 1. The molecule has 1 fully saturated rings. The van der Waals surface area contributed by atoms with Crippen molar-refractivity contribution in [3.8, 4) is 5.75 Å². The van der Waals surface area contributed by atoms with Gasteiger partial charge in [-0.05, 0) is 42.2 Å². The average Bonchev–Trinajstić information content (AvgIpc) is 2.87. The molecule has 2 aliphatic heterocycles. The van der Waals surface area contributed by atoms with Crippen LogP contribution in [0.5, 0.6) is 5.75 Å². The number of carbonyl (C=O) groups excluding carboxylic acids is 2. The van der Waals surface area contributed by atoms with Gasteiger partial charge in [0.1, 0.15) is 11.6 Å². The van der Waals surface area contributed by atoms with E-state index >= 15 is 0 Å². The molecule has 0 radical (unpaired) electrons. The fraction of sp³-hybridized carbons (Fsp3) is 0.286. The minimum Gasteiger partial charge on any atom is -0.493 e. The highest BCUT2D eigenvalue weighted by molar-refractivity contribution is 5.95. The molecule has 0 aromatic heterocycles. The van der Waals surface area contributed by atoms with Crippen LogP contribution in [-0.2, 0) is 15.0 Å². The van der Waals surface area contributed by atoms with E-state index in [9.17, 15) is 14.0 Å². The highest BCUT2D eigenvalue weighted by Crippen LogP contribution is 2.41. The van der Waals surface area contributed by atoms with E-state index in [2.05, 4.69) is 5.32 Å². The average molecular weight is 459 g/mol. The lowest BCUT2D eigenvalue weighted by atomic mass is 9.68. The highest BCUT2D eigenvalue weighted by Gasteiger charge is 2.47. The molecule has 1 atom stereocenters. The second-order valence-electron chi connectivity index (χ2n) is 8.91. The Bertz CT molecular complexity index is 1140. The fourth-order valence-corrected chi connectivity index (χ4v) is 5.24. The first-order valence-electron chi connectivity index (χ1n) is 11.7. The van der Waals surface area contributed by atoms with Crippen LogP contribution in [-0.4, -0.2) is 36.4 Å². The minimum atomic E-state index is -0.824. The second kappa shape index (κ2) is 9.29. The van der Waals surface area contributed by atoms with Crippen LogP contribution in [0.1, 0.15) is 42.0 Å². The van der Waals surface area contributed by atoms with E-state index in [1.54, 1.807) is 11.0 Å². The van der Waals surface area contributed by atoms with Crippen molar-refractivity contribution in [1.29, 1.82) is 0 Å². The molecule has 5 nitrogen and oxygen atoms in total. The maximum Gasteiger partial charge on any atom is 0.240 e. The monoisotopic (exact) mass is 458 g/mol. The first-order chi connectivity index (χ1) is 16.6. The second-order valence-corrected chi connectivity index (χ2v) is 8.91. The minimum absolute atomic E-state index is 0.0394. The summed E-state index contributed by atoms with van der Waals surface area (Å²) in [5.74, 6) is -0.110. The zero-order chi connectivity index (χ0) is 23.5. The van der Waals surface area contributed by atoms with Crippen LogP contribution in [0.3, 0.4) is 0 Å². The molecule has 0 saturated carbocycles. The van der Waals surface area contributed by atoms with Crippen LogP contribution in [0.2, 0.25) is 0 Å². The van der Waals surface area contributed by atoms with Crippen LogP contribution >= 0.6 is 0 Å². The third-order valence-corrected chi connectivity index (χ3v) is 6.85. The van der Waals surface area contributed by atoms with Crippen LogP contribution in [0, 0.1) is 5.82 Å². The van der Waals surface area contributed by atoms with Gasteiger partial charge in [0.2, 0.25) is 11.8 Å². The lowest BCUT2D eigenvalue weighted by Crippen LogP contribution is -2.54. The van der Waals surface area contributed by atoms with Crippen LogP contribution in [0.4, 0.5) is 4.39 Å². The predicted molar refractivity (Wildman–Crippen MR) is 127 cm³/mol. The van der Waals surface area contributed by atoms with Crippen molar-refractivity contribution in [1.82, 2.24) is 10.2 Å². The van der Waals surface area contributed by atoms with Gasteiger partial charge < -0.3 is 15.0 Å². The Kier molecular flexibility index (Phi) is 6.05. The van der Waals surface area contributed by atoms with Gasteiger partial charge in [-0.1, -0.05) is 60.7 Å². The number of halogens is 1. The highest BCUT2D eigenvalue weighted by atomic mass is 19.1. The van der Waals surface area contributed by atoms with Crippen molar-refractivity contribution < 1.29 is 18.7 Å². The Morgan fingerprint density at radius 2 is 1.71 bits per heavy atom. The van der Waals surface area contributed by atoms with Gasteiger partial charge in [0.05, 0.1) is 24.6 Å². The molecule has 0 spiro atoms. The van der Waals surface area contributed by atoms with Gasteiger partial charge in [0, 0.05) is 18.5 Å². The Hall–Kier alpha value is -3.67. The molecule has 174 valence electrons. The van der Waals surface area contributed by atoms with E-state index < -0.39 is 5.41 Å². The Morgan fingerprint density at radius 1 is 1.03 bits per heavy atom. The van der Waals surface area contributed by atoms with Crippen LogP contribution < -0.4 is 10.1 Å². The zero-order valence-electron chi connectivity index (χ0n) is 18.9. The maximum atomic E-state index is 14.0. The first-order valence-corrected chi connectivity index (χ1v) is 11.7. The summed E-state index contributed by atoms with van der Waals surface area (Å²) < 4.78 is 19.4. The molecule has 34 heavy (non-hydrogen) atoms. The Balaban J connectivity index is 1.39. The van der Waals surface area contributed by atoms with Gasteiger partial charge in [-0.3, -0.25) is 9.59 Å². The maximum absolute atomic E-state index is 14.0. The third kappa shape index (κ3) is 4.04. The van der Waals surface area contributed by atoms with Crippen LogP contribution in [0.25, 0.3) is 0 Å². The fourth-order valence-electron chi connectivity index (χ4n) is 5.24. The van der Waals surface area contributed by atoms with E-state index in [1.165, 1.54) is 12.1 Å². The predicted octanol–water partition coefficient (Wildman–Crippen LogP) is 4.37. The smallest absolute Gasteiger partial charge is 0.240 e. The molecule has 2 aliphatic rings. The normalized spacial score (nSPS) is 19.1. The number of hydrogen-bond acceptors (Lipinski definition) is 3. The van der Waals surface area contributed by atoms with E-state index in [1.807, 2.05) is 60.7 Å². The summed E-state index contributed by atoms with van der Waals surface area (Å²) in [6, 6.07) is 23.6. The Labute approximate surface area is 198 Å². The molecular weight excluding hydrogens is 431 g/mol. The standard InChI is InChI=1S/C28H27FN2O3/c29-22-12-13-25-23(18-22)24(14-17-34-25)30-26(32)19-31-16-7-15-28(27(31)33,20-8-3-1-4-9-20)21-10-5-2-6-11-21/h1-6,8-13,18,24H,7,14-17,19H2,(H,30,32). The molecule has 1 saturated heterocycles. The summed E-state index contributed by atoms with van der Waals surface area (Å²) >= 11 is 0. The van der Waals surface area contributed by atoms with E-state index in [0.29, 0.717) is 37.3 Å². The summed E-state index contributed by atoms with van der Waals surface area (Å²) in [7, 11) is 0. The molecule has 5 rings (SSSR count). The lowest BCUT2D eigenvalue weighted by molar-refractivity contribution is -0.142. The summed E-state index contributed by atoms with van der Waals surface area (Å²) in [5, 5.41) is 3.00. The van der Waals surface area contributed by atoms with Gasteiger partial charge in [0.25, 0.3) is 0 Å². The number of piperidine rings is 1. The van der Waals surface area contributed by atoms with Crippen molar-refractivity contribution >= 4 is 11.8 Å². The third-order valence-electron chi connectivity index (χ3n) is 6.85. The first kappa shape index (κ1) is 22.1. The van der Waals surface area contributed by atoms with Gasteiger partial charge in [-0.25, -0.2) is 4.39 Å². The number of ether oxygens (including phenoxy) is 1. The largest absolute Gasteiger partial charge is 0.493 e. The summed E-state index contributed by atoms with van der Waals surface area (Å²) in [4.78, 5) is 28.7. The number of nitrogens with zero attached hydrogens (tertiary/aromatic N) is 1. The molecule has 2 heterocycles. The topological polar surface area (TPSA) is 58.6 Å². The lowest BCUT2D eigenvalue weighted by Gasteiger charge is -2.42. The van der Waals surface area contributed by atoms with Gasteiger partial charge in [-0.2, -0.15) is 0 Å². The van der Waals surface area contributed by atoms with Crippen LogP contribution in [0.15, 0.2) is 78.9 Å². The zero-order valence-corrected chi connectivity index (χ0v) is 18.9. The molecule has 0 aliphatic carbocycles. The number of fused-ring (bicyclic) bond motifs is 1. The number of amides is 2. The summed E-state index contributed by atoms with van der Waals surface area (Å²) in [5.41, 5.74) is 1.68. The van der Waals surface area contributed by atoms with Gasteiger partial charge in [-0.15, -0.1) is 0 Å². The summed E-state index contributed by atoms with van der Waals surface area (Å²) in [6.45, 7) is 0.923. The van der Waals surface area contributed by atoms with Crippen molar-refractivity contribution in [3.63, 3.8) is 0 Å². The van der Waals surface area contributed by atoms with Gasteiger partial charge in [0.15, 0.2) is 0 Å². The SMILES string of the molecule is O=C(CN1CCCC(c2ccccc2)(c2ccccc2)C1=O)NC1CCOc2ccc(F)cc21. The molecular formula is C28H27FN2O3.